The van der Waals surface area contributed by atoms with Crippen LogP contribution in [0.5, 0.6) is 5.75 Å². The number of morpholine rings is 1. The predicted octanol–water partition coefficient (Wildman–Crippen LogP) is 4.46. The van der Waals surface area contributed by atoms with Gasteiger partial charge in [-0.25, -0.2) is 4.98 Å². The van der Waals surface area contributed by atoms with E-state index in [4.69, 9.17) is 21.1 Å². The highest BCUT2D eigenvalue weighted by Crippen LogP contribution is 2.30. The van der Waals surface area contributed by atoms with Crippen LogP contribution >= 0.6 is 11.6 Å². The fourth-order valence-corrected chi connectivity index (χ4v) is 3.39. The molecule has 7 nitrogen and oxygen atoms in total. The summed E-state index contributed by atoms with van der Waals surface area (Å²) in [6.07, 6.45) is 1.57. The topological polar surface area (TPSA) is 71.5 Å². The van der Waals surface area contributed by atoms with E-state index in [9.17, 15) is 0 Å². The van der Waals surface area contributed by atoms with Gasteiger partial charge in [0.1, 0.15) is 10.8 Å². The Morgan fingerprint density at radius 1 is 1.10 bits per heavy atom. The number of hydrogen-bond donors (Lipinski definition) is 2. The number of nitrogens with one attached hydrogen (secondary N) is 2. The van der Waals surface area contributed by atoms with Crippen molar-refractivity contribution in [2.75, 3.05) is 44.0 Å². The molecule has 0 saturated carbocycles. The molecule has 156 valence electrons. The molecule has 1 aromatic heterocycles. The third-order valence-electron chi connectivity index (χ3n) is 4.80. The average Bonchev–Trinajstić information content (AvgIpc) is 2.78. The van der Waals surface area contributed by atoms with E-state index in [1.54, 1.807) is 13.3 Å². The lowest BCUT2D eigenvalue weighted by atomic mass is 10.1. The third kappa shape index (κ3) is 5.18. The van der Waals surface area contributed by atoms with Gasteiger partial charge in [-0.05, 0) is 29.8 Å². The van der Waals surface area contributed by atoms with Gasteiger partial charge < -0.3 is 20.1 Å². The molecular weight excluding hydrogens is 402 g/mol. The number of hydrogen-bond acceptors (Lipinski definition) is 7. The summed E-state index contributed by atoms with van der Waals surface area (Å²) < 4.78 is 11.0. The maximum Gasteiger partial charge on any atom is 0.229 e. The molecule has 1 aliphatic rings. The Bertz CT molecular complexity index is 981. The van der Waals surface area contributed by atoms with E-state index in [0.29, 0.717) is 16.8 Å². The molecule has 1 fully saturated rings. The zero-order valence-corrected chi connectivity index (χ0v) is 17.5. The number of aromatic nitrogens is 2. The average molecular weight is 426 g/mol. The van der Waals surface area contributed by atoms with Crippen molar-refractivity contribution >= 4 is 34.7 Å². The van der Waals surface area contributed by atoms with Crippen LogP contribution in [-0.4, -0.2) is 48.3 Å². The molecule has 30 heavy (non-hydrogen) atoms. The number of ether oxygens (including phenoxy) is 2. The van der Waals surface area contributed by atoms with E-state index in [0.717, 1.165) is 50.0 Å². The highest BCUT2D eigenvalue weighted by atomic mass is 35.5. The van der Waals surface area contributed by atoms with Crippen LogP contribution in [0.4, 0.5) is 23.1 Å². The monoisotopic (exact) mass is 425 g/mol. The summed E-state index contributed by atoms with van der Waals surface area (Å²) in [6.45, 7) is 4.31. The SMILES string of the molecule is COc1cc(CN2CCOCC2)ccc1Nc1ncc(Cl)c(Nc2ccccc2)n1. The van der Waals surface area contributed by atoms with Crippen LogP contribution in [0.25, 0.3) is 0 Å². The lowest BCUT2D eigenvalue weighted by Gasteiger charge is -2.26. The van der Waals surface area contributed by atoms with Crippen molar-refractivity contribution in [2.24, 2.45) is 0 Å². The predicted molar refractivity (Wildman–Crippen MR) is 119 cm³/mol. The minimum atomic E-state index is 0.428. The van der Waals surface area contributed by atoms with E-state index in [1.165, 1.54) is 5.56 Å². The molecule has 0 radical (unpaired) electrons. The summed E-state index contributed by atoms with van der Waals surface area (Å²) in [7, 11) is 1.66. The van der Waals surface area contributed by atoms with Gasteiger partial charge in [-0.3, -0.25) is 4.90 Å². The van der Waals surface area contributed by atoms with Gasteiger partial charge in [0, 0.05) is 25.3 Å². The second kappa shape index (κ2) is 9.75. The minimum Gasteiger partial charge on any atom is -0.495 e. The van der Waals surface area contributed by atoms with Gasteiger partial charge in [-0.15, -0.1) is 0 Å². The van der Waals surface area contributed by atoms with Crippen LogP contribution in [-0.2, 0) is 11.3 Å². The first-order valence-corrected chi connectivity index (χ1v) is 10.2. The van der Waals surface area contributed by atoms with Crippen LogP contribution < -0.4 is 15.4 Å². The molecule has 8 heteroatoms. The molecule has 0 amide bonds. The van der Waals surface area contributed by atoms with Gasteiger partial charge in [-0.1, -0.05) is 35.9 Å². The first-order valence-electron chi connectivity index (χ1n) is 9.80. The van der Waals surface area contributed by atoms with E-state index >= 15 is 0 Å². The van der Waals surface area contributed by atoms with Gasteiger partial charge in [-0.2, -0.15) is 4.98 Å². The molecule has 4 rings (SSSR count). The minimum absolute atomic E-state index is 0.428. The van der Waals surface area contributed by atoms with Crippen molar-refractivity contribution in [1.82, 2.24) is 14.9 Å². The van der Waals surface area contributed by atoms with Crippen LogP contribution in [0.1, 0.15) is 5.56 Å². The molecule has 1 saturated heterocycles. The van der Waals surface area contributed by atoms with Crippen molar-refractivity contribution in [3.8, 4) is 5.75 Å². The van der Waals surface area contributed by atoms with Gasteiger partial charge in [0.15, 0.2) is 5.82 Å². The highest BCUT2D eigenvalue weighted by molar-refractivity contribution is 6.32. The maximum absolute atomic E-state index is 6.27. The van der Waals surface area contributed by atoms with Crippen molar-refractivity contribution in [3.05, 3.63) is 65.3 Å². The zero-order chi connectivity index (χ0) is 20.8. The molecule has 2 heterocycles. The number of rotatable bonds is 7. The molecule has 0 unspecified atom stereocenters. The summed E-state index contributed by atoms with van der Waals surface area (Å²) in [5.74, 6) is 1.69. The molecule has 1 aliphatic heterocycles. The Kier molecular flexibility index (Phi) is 6.63. The van der Waals surface area contributed by atoms with Crippen molar-refractivity contribution in [2.45, 2.75) is 6.54 Å². The van der Waals surface area contributed by atoms with E-state index < -0.39 is 0 Å². The van der Waals surface area contributed by atoms with Crippen molar-refractivity contribution in [1.29, 1.82) is 0 Å². The molecular formula is C22H24ClN5O2. The van der Waals surface area contributed by atoms with Crippen LogP contribution in [0.15, 0.2) is 54.7 Å². The van der Waals surface area contributed by atoms with Crippen molar-refractivity contribution < 1.29 is 9.47 Å². The zero-order valence-electron chi connectivity index (χ0n) is 16.8. The Labute approximate surface area is 181 Å². The highest BCUT2D eigenvalue weighted by Gasteiger charge is 2.13. The lowest BCUT2D eigenvalue weighted by Crippen LogP contribution is -2.35. The largest absolute Gasteiger partial charge is 0.495 e. The number of para-hydroxylation sites is 1. The Hall–Kier alpha value is -2.87. The number of nitrogens with zero attached hydrogens (tertiary/aromatic N) is 3. The van der Waals surface area contributed by atoms with E-state index in [2.05, 4.69) is 31.6 Å². The quantitative estimate of drug-likeness (QED) is 0.579. The molecule has 0 atom stereocenters. The fourth-order valence-electron chi connectivity index (χ4n) is 3.25. The first-order chi connectivity index (χ1) is 14.7. The number of benzene rings is 2. The van der Waals surface area contributed by atoms with Gasteiger partial charge in [0.05, 0.1) is 32.2 Å². The fraction of sp³-hybridized carbons (Fsp3) is 0.273. The molecule has 0 spiro atoms. The summed E-state index contributed by atoms with van der Waals surface area (Å²) in [5, 5.41) is 6.88. The molecule has 2 N–H and O–H groups in total. The molecule has 0 aliphatic carbocycles. The van der Waals surface area contributed by atoms with Gasteiger partial charge in [0.25, 0.3) is 0 Å². The second-order valence-corrected chi connectivity index (χ2v) is 7.34. The Morgan fingerprint density at radius 3 is 2.67 bits per heavy atom. The van der Waals surface area contributed by atoms with E-state index in [-0.39, 0.29) is 0 Å². The third-order valence-corrected chi connectivity index (χ3v) is 5.08. The number of halogens is 1. The second-order valence-electron chi connectivity index (χ2n) is 6.93. The first kappa shape index (κ1) is 20.4. The van der Waals surface area contributed by atoms with E-state index in [1.807, 2.05) is 42.5 Å². The normalized spacial score (nSPS) is 14.3. The number of anilines is 4. The summed E-state index contributed by atoms with van der Waals surface area (Å²) >= 11 is 6.27. The summed E-state index contributed by atoms with van der Waals surface area (Å²) in [5.41, 5.74) is 2.87. The molecule has 2 aromatic carbocycles. The molecule has 3 aromatic rings. The summed E-state index contributed by atoms with van der Waals surface area (Å²) in [6, 6.07) is 15.8. The smallest absolute Gasteiger partial charge is 0.229 e. The van der Waals surface area contributed by atoms with Gasteiger partial charge >= 0.3 is 0 Å². The molecule has 0 bridgehead atoms. The lowest BCUT2D eigenvalue weighted by molar-refractivity contribution is 0.0342. The van der Waals surface area contributed by atoms with Crippen molar-refractivity contribution in [3.63, 3.8) is 0 Å². The number of methoxy groups -OCH3 is 1. The van der Waals surface area contributed by atoms with Crippen LogP contribution in [0.3, 0.4) is 0 Å². The van der Waals surface area contributed by atoms with Crippen LogP contribution in [0, 0.1) is 0 Å². The standard InChI is InChI=1S/C22H24ClN5O2/c1-29-20-13-16(15-28-9-11-30-12-10-28)7-8-19(20)26-22-24-14-18(23)21(27-22)25-17-5-3-2-4-6-17/h2-8,13-14H,9-12,15H2,1H3,(H2,24,25,26,27). The van der Waals surface area contributed by atoms with Crippen LogP contribution in [0.2, 0.25) is 5.02 Å². The van der Waals surface area contributed by atoms with Gasteiger partial charge in [0.2, 0.25) is 5.95 Å². The Balaban J connectivity index is 1.49. The summed E-state index contributed by atoms with van der Waals surface area (Å²) in [4.78, 5) is 11.2. The Morgan fingerprint density at radius 2 is 1.90 bits per heavy atom. The maximum atomic E-state index is 6.27.